The van der Waals surface area contributed by atoms with Gasteiger partial charge >= 0.3 is 0 Å². The summed E-state index contributed by atoms with van der Waals surface area (Å²) in [5.41, 5.74) is 2.86. The highest BCUT2D eigenvalue weighted by molar-refractivity contribution is 8.15. The third kappa shape index (κ3) is 5.53. The van der Waals surface area contributed by atoms with E-state index in [1.54, 1.807) is 0 Å². The highest BCUT2D eigenvalue weighted by Crippen LogP contribution is 2.22. The van der Waals surface area contributed by atoms with Gasteiger partial charge < -0.3 is 10.6 Å². The van der Waals surface area contributed by atoms with Crippen LogP contribution in [0.25, 0.3) is 0 Å². The van der Waals surface area contributed by atoms with Crippen LogP contribution < -0.4 is 10.6 Å². The molecule has 0 unspecified atom stereocenters. The van der Waals surface area contributed by atoms with Crippen LogP contribution in [0.1, 0.15) is 30.9 Å². The van der Waals surface area contributed by atoms with Crippen molar-refractivity contribution in [1.29, 1.82) is 0 Å². The van der Waals surface area contributed by atoms with E-state index in [2.05, 4.69) is 20.8 Å². The molecule has 6 nitrogen and oxygen atoms in total. The number of hydrogen-bond acceptors (Lipinski definition) is 5. The van der Waals surface area contributed by atoms with E-state index in [1.165, 1.54) is 11.8 Å². The van der Waals surface area contributed by atoms with Crippen molar-refractivity contribution in [2.75, 3.05) is 0 Å². The fourth-order valence-corrected chi connectivity index (χ4v) is 3.61. The molecule has 1 atom stereocenters. The molecule has 0 saturated carbocycles. The second kappa shape index (κ2) is 9.85. The van der Waals surface area contributed by atoms with Gasteiger partial charge in [-0.3, -0.25) is 9.59 Å². The molecule has 3 rings (SSSR count). The Balaban J connectivity index is 1.56. The SMILES string of the molecule is CC/C(=N/N=C1\NC(=O)[C@@H](CC(=O)NCc2ccccc2)S1)c1ccccc1. The van der Waals surface area contributed by atoms with E-state index in [9.17, 15) is 9.59 Å². The highest BCUT2D eigenvalue weighted by Gasteiger charge is 2.32. The number of nitrogens with one attached hydrogen (secondary N) is 2. The normalized spacial score (nSPS) is 18.2. The maximum Gasteiger partial charge on any atom is 0.240 e. The summed E-state index contributed by atoms with van der Waals surface area (Å²) in [6.45, 7) is 2.45. The van der Waals surface area contributed by atoms with E-state index in [1.807, 2.05) is 67.6 Å². The van der Waals surface area contributed by atoms with Gasteiger partial charge in [-0.1, -0.05) is 79.3 Å². The van der Waals surface area contributed by atoms with Crippen LogP contribution in [0.15, 0.2) is 70.9 Å². The summed E-state index contributed by atoms with van der Waals surface area (Å²) >= 11 is 1.24. The van der Waals surface area contributed by atoms with Gasteiger partial charge in [0.15, 0.2) is 5.17 Å². The lowest BCUT2D eigenvalue weighted by molar-refractivity contribution is -0.125. The predicted octanol–water partition coefficient (Wildman–Crippen LogP) is 3.09. The smallest absolute Gasteiger partial charge is 0.240 e. The molecule has 1 heterocycles. The summed E-state index contributed by atoms with van der Waals surface area (Å²) in [5.74, 6) is -0.383. The first-order valence-electron chi connectivity index (χ1n) is 9.13. The van der Waals surface area contributed by atoms with Crippen LogP contribution >= 0.6 is 11.8 Å². The van der Waals surface area contributed by atoms with E-state index < -0.39 is 5.25 Å². The maximum absolute atomic E-state index is 12.2. The molecule has 2 aromatic carbocycles. The molecule has 1 aliphatic rings. The number of carbonyl (C=O) groups excluding carboxylic acids is 2. The Morgan fingerprint density at radius 2 is 1.79 bits per heavy atom. The lowest BCUT2D eigenvalue weighted by atomic mass is 10.1. The molecule has 2 N–H and O–H groups in total. The van der Waals surface area contributed by atoms with Gasteiger partial charge in [-0.25, -0.2) is 0 Å². The first-order chi connectivity index (χ1) is 13.7. The van der Waals surface area contributed by atoms with E-state index in [0.29, 0.717) is 11.7 Å². The molecule has 0 aliphatic carbocycles. The Kier molecular flexibility index (Phi) is 6.97. The molecule has 1 fully saturated rings. The molecule has 1 aliphatic heterocycles. The minimum Gasteiger partial charge on any atom is -0.352 e. The highest BCUT2D eigenvalue weighted by atomic mass is 32.2. The van der Waals surface area contributed by atoms with Crippen molar-refractivity contribution in [3.8, 4) is 0 Å². The molecule has 1 saturated heterocycles. The predicted molar refractivity (Wildman–Crippen MR) is 113 cm³/mol. The Bertz CT molecular complexity index is 882. The van der Waals surface area contributed by atoms with Gasteiger partial charge in [-0.2, -0.15) is 5.10 Å². The van der Waals surface area contributed by atoms with Gasteiger partial charge in [0.2, 0.25) is 11.8 Å². The topological polar surface area (TPSA) is 82.9 Å². The van der Waals surface area contributed by atoms with Crippen molar-refractivity contribution in [1.82, 2.24) is 10.6 Å². The Labute approximate surface area is 168 Å². The van der Waals surface area contributed by atoms with E-state index in [4.69, 9.17) is 0 Å². The minimum absolute atomic E-state index is 0.103. The van der Waals surface area contributed by atoms with Crippen molar-refractivity contribution >= 4 is 34.5 Å². The Morgan fingerprint density at radius 1 is 1.11 bits per heavy atom. The number of carbonyl (C=O) groups is 2. The monoisotopic (exact) mass is 394 g/mol. The lowest BCUT2D eigenvalue weighted by Gasteiger charge is -2.07. The van der Waals surface area contributed by atoms with Gasteiger partial charge in [0.25, 0.3) is 0 Å². The van der Waals surface area contributed by atoms with Crippen molar-refractivity contribution in [2.45, 2.75) is 31.6 Å². The summed E-state index contributed by atoms with van der Waals surface area (Å²) in [6.07, 6.45) is 0.829. The number of thioether (sulfide) groups is 1. The number of rotatable bonds is 7. The Hall–Kier alpha value is -2.93. The van der Waals surface area contributed by atoms with Crippen LogP contribution in [0.3, 0.4) is 0 Å². The third-order valence-corrected chi connectivity index (χ3v) is 5.26. The molecule has 0 spiro atoms. The van der Waals surface area contributed by atoms with Crippen LogP contribution in [0.5, 0.6) is 0 Å². The summed E-state index contributed by atoms with van der Waals surface area (Å²) in [5, 5.41) is 13.9. The van der Waals surface area contributed by atoms with Gasteiger partial charge in [0.1, 0.15) is 5.25 Å². The first kappa shape index (κ1) is 19.8. The molecule has 2 aromatic rings. The third-order valence-electron chi connectivity index (χ3n) is 4.18. The molecular formula is C21H22N4O2S. The molecule has 28 heavy (non-hydrogen) atoms. The van der Waals surface area contributed by atoms with E-state index in [0.717, 1.165) is 23.3 Å². The minimum atomic E-state index is -0.494. The molecule has 7 heteroatoms. The molecule has 144 valence electrons. The molecular weight excluding hydrogens is 372 g/mol. The Morgan fingerprint density at radius 3 is 2.46 bits per heavy atom. The van der Waals surface area contributed by atoms with Gasteiger partial charge in [-0.15, -0.1) is 5.10 Å². The summed E-state index contributed by atoms with van der Waals surface area (Å²) in [7, 11) is 0. The van der Waals surface area contributed by atoms with Crippen molar-refractivity contribution < 1.29 is 9.59 Å². The van der Waals surface area contributed by atoms with Gasteiger partial charge in [0.05, 0.1) is 5.71 Å². The first-order valence-corrected chi connectivity index (χ1v) is 10.0. The maximum atomic E-state index is 12.2. The van der Waals surface area contributed by atoms with E-state index in [-0.39, 0.29) is 18.2 Å². The second-order valence-electron chi connectivity index (χ2n) is 6.23. The van der Waals surface area contributed by atoms with Gasteiger partial charge in [0, 0.05) is 13.0 Å². The van der Waals surface area contributed by atoms with Crippen LogP contribution in [0, 0.1) is 0 Å². The molecule has 0 radical (unpaired) electrons. The number of nitrogens with zero attached hydrogens (tertiary/aromatic N) is 2. The summed E-state index contributed by atoms with van der Waals surface area (Å²) in [4.78, 5) is 24.3. The standard InChI is InChI=1S/C21H22N4O2S/c1-2-17(16-11-7-4-8-12-16)24-25-21-23-20(27)18(28-21)13-19(26)22-14-15-9-5-3-6-10-15/h3-12,18H,2,13-14H2,1H3,(H,22,26)(H,23,25,27)/b24-17-/t18-/m1/s1. The van der Waals surface area contributed by atoms with Crippen LogP contribution in [0.2, 0.25) is 0 Å². The van der Waals surface area contributed by atoms with Gasteiger partial charge in [-0.05, 0) is 17.5 Å². The molecule has 2 amide bonds. The fraction of sp³-hybridized carbons (Fsp3) is 0.238. The van der Waals surface area contributed by atoms with E-state index >= 15 is 0 Å². The number of benzene rings is 2. The largest absolute Gasteiger partial charge is 0.352 e. The second-order valence-corrected chi connectivity index (χ2v) is 7.43. The van der Waals surface area contributed by atoms with Crippen molar-refractivity contribution in [3.63, 3.8) is 0 Å². The quantitative estimate of drug-likeness (QED) is 0.559. The number of amidine groups is 1. The average molecular weight is 395 g/mol. The van der Waals surface area contributed by atoms with Crippen molar-refractivity contribution in [2.24, 2.45) is 10.2 Å². The fourth-order valence-electron chi connectivity index (χ4n) is 2.69. The van der Waals surface area contributed by atoms with Crippen LogP contribution in [-0.2, 0) is 16.1 Å². The van der Waals surface area contributed by atoms with Crippen LogP contribution in [0.4, 0.5) is 0 Å². The lowest BCUT2D eigenvalue weighted by Crippen LogP contribution is -2.31. The summed E-state index contributed by atoms with van der Waals surface area (Å²) in [6, 6.07) is 19.4. The molecule has 0 aromatic heterocycles. The number of amides is 2. The zero-order valence-electron chi connectivity index (χ0n) is 15.6. The zero-order chi connectivity index (χ0) is 19.8. The zero-order valence-corrected chi connectivity index (χ0v) is 16.4. The molecule has 0 bridgehead atoms. The average Bonchev–Trinajstić information content (AvgIpc) is 3.07. The van der Waals surface area contributed by atoms with Crippen molar-refractivity contribution in [3.05, 3.63) is 71.8 Å². The summed E-state index contributed by atoms with van der Waals surface area (Å²) < 4.78 is 0. The number of hydrogen-bond donors (Lipinski definition) is 2. The van der Waals surface area contributed by atoms with Crippen LogP contribution in [-0.4, -0.2) is 27.9 Å².